The van der Waals surface area contributed by atoms with Crippen LogP contribution in [0, 0.1) is 0 Å². The normalized spacial score (nSPS) is 27.8. The Morgan fingerprint density at radius 3 is 2.86 bits per heavy atom. The average molecular weight is 293 g/mol. The van der Waals surface area contributed by atoms with Crippen LogP contribution in [-0.2, 0) is 25.5 Å². The zero-order valence-electron chi connectivity index (χ0n) is 11.9. The maximum Gasteiger partial charge on any atom is 0.407 e. The summed E-state index contributed by atoms with van der Waals surface area (Å²) in [4.78, 5) is 11.7. The van der Waals surface area contributed by atoms with E-state index in [0.29, 0.717) is 13.2 Å². The zero-order valence-corrected chi connectivity index (χ0v) is 11.9. The predicted molar refractivity (Wildman–Crippen MR) is 73.8 cm³/mol. The van der Waals surface area contributed by atoms with Crippen LogP contribution >= 0.6 is 0 Å². The lowest BCUT2D eigenvalue weighted by Gasteiger charge is -2.22. The fourth-order valence-corrected chi connectivity index (χ4v) is 2.48. The van der Waals surface area contributed by atoms with Gasteiger partial charge < -0.3 is 24.3 Å². The van der Waals surface area contributed by atoms with Crippen molar-refractivity contribution in [2.75, 3.05) is 20.3 Å². The van der Waals surface area contributed by atoms with E-state index < -0.39 is 6.09 Å². The van der Waals surface area contributed by atoms with Crippen LogP contribution < -0.4 is 5.32 Å². The maximum atomic E-state index is 11.7. The Hall–Kier alpha value is -1.63. The molecule has 3 rings (SSSR count). The van der Waals surface area contributed by atoms with Crippen molar-refractivity contribution in [3.05, 3.63) is 35.9 Å². The molecular formula is C15H19NO5. The SMILES string of the molecule is CO[C@H](COC(=O)NCc1ccccc1)[C@H]1OC[C@@H]2O[C@H]12. The number of epoxide rings is 1. The molecule has 114 valence electrons. The van der Waals surface area contributed by atoms with Crippen LogP contribution in [0.5, 0.6) is 0 Å². The van der Waals surface area contributed by atoms with Crippen LogP contribution in [0.1, 0.15) is 5.56 Å². The molecule has 2 aliphatic heterocycles. The van der Waals surface area contributed by atoms with Gasteiger partial charge in [0, 0.05) is 13.7 Å². The largest absolute Gasteiger partial charge is 0.447 e. The highest BCUT2D eigenvalue weighted by Gasteiger charge is 2.54. The molecule has 6 nitrogen and oxygen atoms in total. The van der Waals surface area contributed by atoms with E-state index in [1.807, 2.05) is 30.3 Å². The van der Waals surface area contributed by atoms with E-state index in [9.17, 15) is 4.79 Å². The van der Waals surface area contributed by atoms with Crippen LogP contribution in [0.4, 0.5) is 4.79 Å². The third-order valence-corrected chi connectivity index (χ3v) is 3.73. The highest BCUT2D eigenvalue weighted by atomic mass is 16.7. The first-order valence-corrected chi connectivity index (χ1v) is 7.02. The molecular weight excluding hydrogens is 274 g/mol. The van der Waals surface area contributed by atoms with E-state index in [4.69, 9.17) is 18.9 Å². The number of nitrogens with one attached hydrogen (secondary N) is 1. The summed E-state index contributed by atoms with van der Waals surface area (Å²) in [6.07, 6.45) is -0.635. The molecule has 2 heterocycles. The number of rotatable bonds is 6. The first-order chi connectivity index (χ1) is 10.3. The molecule has 4 atom stereocenters. The van der Waals surface area contributed by atoms with Gasteiger partial charge in [-0.1, -0.05) is 30.3 Å². The molecule has 0 aromatic heterocycles. The number of fused-ring (bicyclic) bond motifs is 1. The number of amides is 1. The quantitative estimate of drug-likeness (QED) is 0.795. The Bertz CT molecular complexity index is 480. The van der Waals surface area contributed by atoms with Crippen LogP contribution in [0.3, 0.4) is 0 Å². The first-order valence-electron chi connectivity index (χ1n) is 7.02. The van der Waals surface area contributed by atoms with Crippen LogP contribution in [0.2, 0.25) is 0 Å². The molecule has 1 aromatic rings. The van der Waals surface area contributed by atoms with Gasteiger partial charge in [0.25, 0.3) is 0 Å². The van der Waals surface area contributed by atoms with Crippen LogP contribution in [-0.4, -0.2) is 50.8 Å². The zero-order chi connectivity index (χ0) is 14.7. The van der Waals surface area contributed by atoms with Gasteiger partial charge in [-0.05, 0) is 5.56 Å². The number of carbonyl (C=O) groups is 1. The van der Waals surface area contributed by atoms with Gasteiger partial charge in [0.2, 0.25) is 0 Å². The Morgan fingerprint density at radius 1 is 1.43 bits per heavy atom. The average Bonchev–Trinajstić information content (AvgIpc) is 3.19. The minimum absolute atomic E-state index is 0.0888. The van der Waals surface area contributed by atoms with E-state index in [1.54, 1.807) is 7.11 Å². The van der Waals surface area contributed by atoms with Gasteiger partial charge in [0.05, 0.1) is 6.61 Å². The molecule has 1 aromatic carbocycles. The molecule has 0 saturated carbocycles. The number of hydrogen-bond donors (Lipinski definition) is 1. The summed E-state index contributed by atoms with van der Waals surface area (Å²) in [6.45, 7) is 1.18. The summed E-state index contributed by atoms with van der Waals surface area (Å²) in [5, 5.41) is 2.70. The Balaban J connectivity index is 1.40. The second-order valence-electron chi connectivity index (χ2n) is 5.15. The van der Waals surface area contributed by atoms with Gasteiger partial charge in [-0.3, -0.25) is 0 Å². The minimum Gasteiger partial charge on any atom is -0.447 e. The molecule has 6 heteroatoms. The van der Waals surface area contributed by atoms with Crippen molar-refractivity contribution in [2.24, 2.45) is 0 Å². The topological polar surface area (TPSA) is 69.3 Å². The van der Waals surface area contributed by atoms with Crippen LogP contribution in [0.25, 0.3) is 0 Å². The Morgan fingerprint density at radius 2 is 2.24 bits per heavy atom. The van der Waals surface area contributed by atoms with Crippen molar-refractivity contribution in [1.82, 2.24) is 5.32 Å². The van der Waals surface area contributed by atoms with E-state index in [-0.39, 0.29) is 31.0 Å². The molecule has 1 amide bonds. The molecule has 2 fully saturated rings. The predicted octanol–water partition coefficient (Wildman–Crippen LogP) is 1.09. The molecule has 21 heavy (non-hydrogen) atoms. The van der Waals surface area contributed by atoms with Gasteiger partial charge in [-0.15, -0.1) is 0 Å². The molecule has 0 radical (unpaired) electrons. The highest BCUT2D eigenvalue weighted by Crippen LogP contribution is 2.36. The number of benzene rings is 1. The van der Waals surface area contributed by atoms with E-state index in [1.165, 1.54) is 0 Å². The van der Waals surface area contributed by atoms with Crippen molar-refractivity contribution >= 4 is 6.09 Å². The Kier molecular flexibility index (Phi) is 4.38. The molecule has 0 bridgehead atoms. The second-order valence-corrected chi connectivity index (χ2v) is 5.15. The lowest BCUT2D eigenvalue weighted by atomic mass is 10.1. The first kappa shape index (κ1) is 14.3. The second kappa shape index (κ2) is 6.43. The Labute approximate surface area is 123 Å². The monoisotopic (exact) mass is 293 g/mol. The number of ether oxygens (including phenoxy) is 4. The van der Waals surface area contributed by atoms with Gasteiger partial charge in [-0.2, -0.15) is 0 Å². The summed E-state index contributed by atoms with van der Waals surface area (Å²) < 4.78 is 21.5. The van der Waals surface area contributed by atoms with Crippen LogP contribution in [0.15, 0.2) is 30.3 Å². The smallest absolute Gasteiger partial charge is 0.407 e. The van der Waals surface area contributed by atoms with Gasteiger partial charge in [0.1, 0.15) is 31.0 Å². The van der Waals surface area contributed by atoms with E-state index in [2.05, 4.69) is 5.32 Å². The maximum absolute atomic E-state index is 11.7. The summed E-state index contributed by atoms with van der Waals surface area (Å²) in [5.74, 6) is 0. The number of carbonyl (C=O) groups excluding carboxylic acids is 1. The summed E-state index contributed by atoms with van der Waals surface area (Å²) >= 11 is 0. The van der Waals surface area contributed by atoms with E-state index in [0.717, 1.165) is 5.56 Å². The standard InChI is InChI=1S/C15H19NO5/c1-18-11(13-14-12(21-14)9-19-13)8-20-15(17)16-7-10-5-3-2-4-6-10/h2-6,11-14H,7-9H2,1H3,(H,16,17)/t11-,12+,13-,14+/m1/s1. The summed E-state index contributed by atoms with van der Waals surface area (Å²) in [7, 11) is 1.58. The highest BCUT2D eigenvalue weighted by molar-refractivity contribution is 5.67. The lowest BCUT2D eigenvalue weighted by Crippen LogP contribution is -2.38. The number of hydrogen-bond acceptors (Lipinski definition) is 5. The van der Waals surface area contributed by atoms with Crippen molar-refractivity contribution in [3.8, 4) is 0 Å². The molecule has 1 N–H and O–H groups in total. The van der Waals surface area contributed by atoms with Gasteiger partial charge in [-0.25, -0.2) is 4.79 Å². The van der Waals surface area contributed by atoms with Crippen molar-refractivity contribution < 1.29 is 23.7 Å². The third kappa shape index (κ3) is 3.53. The molecule has 0 spiro atoms. The molecule has 0 aliphatic carbocycles. The fraction of sp³-hybridized carbons (Fsp3) is 0.533. The molecule has 2 saturated heterocycles. The lowest BCUT2D eigenvalue weighted by molar-refractivity contribution is -0.0839. The summed E-state index contributed by atoms with van der Waals surface area (Å²) in [6, 6.07) is 9.66. The number of alkyl carbamates (subject to hydrolysis) is 1. The van der Waals surface area contributed by atoms with Crippen molar-refractivity contribution in [2.45, 2.75) is 31.0 Å². The molecule has 0 unspecified atom stereocenters. The van der Waals surface area contributed by atoms with Gasteiger partial charge in [0.15, 0.2) is 0 Å². The fourth-order valence-electron chi connectivity index (χ4n) is 2.48. The third-order valence-electron chi connectivity index (χ3n) is 3.73. The van der Waals surface area contributed by atoms with E-state index >= 15 is 0 Å². The number of methoxy groups -OCH3 is 1. The van der Waals surface area contributed by atoms with Crippen molar-refractivity contribution in [1.29, 1.82) is 0 Å². The summed E-state index contributed by atoms with van der Waals surface area (Å²) in [5.41, 5.74) is 1.02. The molecule has 2 aliphatic rings. The van der Waals surface area contributed by atoms with Gasteiger partial charge >= 0.3 is 6.09 Å². The minimum atomic E-state index is -0.466. The van der Waals surface area contributed by atoms with Crippen molar-refractivity contribution in [3.63, 3.8) is 0 Å².